The standard InChI is InChI=1S/C24H31N3O4/c1-30-15-16-31-22-11-9-20(10-12-22)26-23(28)18-25-21-8-6-7-19(17-21)24(29)27-13-4-2-3-5-14-27/h6-12,17,25H,2-5,13-16,18H2,1H3,(H,26,28). The van der Waals surface area contributed by atoms with Crippen LogP contribution in [0.3, 0.4) is 0 Å². The van der Waals surface area contributed by atoms with Crippen molar-refractivity contribution in [1.29, 1.82) is 0 Å². The third kappa shape index (κ3) is 7.29. The summed E-state index contributed by atoms with van der Waals surface area (Å²) < 4.78 is 10.5. The van der Waals surface area contributed by atoms with E-state index in [1.54, 1.807) is 31.4 Å². The zero-order valence-corrected chi connectivity index (χ0v) is 18.1. The highest BCUT2D eigenvalue weighted by molar-refractivity contribution is 5.96. The van der Waals surface area contributed by atoms with E-state index >= 15 is 0 Å². The Morgan fingerprint density at radius 2 is 1.68 bits per heavy atom. The molecule has 0 saturated carbocycles. The second kappa shape index (κ2) is 12.0. The third-order valence-corrected chi connectivity index (χ3v) is 5.15. The number of carbonyl (C=O) groups excluding carboxylic acids is 2. The molecule has 0 bridgehead atoms. The molecule has 1 aliphatic heterocycles. The minimum absolute atomic E-state index is 0.0582. The van der Waals surface area contributed by atoms with E-state index < -0.39 is 0 Å². The summed E-state index contributed by atoms with van der Waals surface area (Å²) in [5, 5.41) is 5.95. The van der Waals surface area contributed by atoms with Crippen LogP contribution in [0.15, 0.2) is 48.5 Å². The molecule has 0 spiro atoms. The summed E-state index contributed by atoms with van der Waals surface area (Å²) in [5.74, 6) is 0.610. The maximum Gasteiger partial charge on any atom is 0.253 e. The normalized spacial score (nSPS) is 13.9. The fourth-order valence-corrected chi connectivity index (χ4v) is 3.48. The lowest BCUT2D eigenvalue weighted by Crippen LogP contribution is -2.31. The number of anilines is 2. The van der Waals surface area contributed by atoms with Gasteiger partial charge < -0.3 is 25.0 Å². The summed E-state index contributed by atoms with van der Waals surface area (Å²) in [4.78, 5) is 27.0. The van der Waals surface area contributed by atoms with Crippen molar-refractivity contribution in [3.63, 3.8) is 0 Å². The molecule has 0 radical (unpaired) electrons. The van der Waals surface area contributed by atoms with Crippen LogP contribution < -0.4 is 15.4 Å². The Bertz CT molecular complexity index is 846. The Labute approximate surface area is 183 Å². The molecule has 0 aromatic heterocycles. The zero-order chi connectivity index (χ0) is 21.9. The fourth-order valence-electron chi connectivity index (χ4n) is 3.48. The van der Waals surface area contributed by atoms with E-state index in [-0.39, 0.29) is 18.4 Å². The molecule has 0 unspecified atom stereocenters. The lowest BCUT2D eigenvalue weighted by Gasteiger charge is -2.20. The summed E-state index contributed by atoms with van der Waals surface area (Å²) in [6.45, 7) is 2.73. The number of nitrogens with zero attached hydrogens (tertiary/aromatic N) is 1. The molecule has 2 aromatic carbocycles. The van der Waals surface area contributed by atoms with Gasteiger partial charge in [-0.25, -0.2) is 0 Å². The summed E-state index contributed by atoms with van der Waals surface area (Å²) in [7, 11) is 1.62. The number of hydrogen-bond acceptors (Lipinski definition) is 5. The first-order valence-corrected chi connectivity index (χ1v) is 10.8. The molecule has 166 valence electrons. The van der Waals surface area contributed by atoms with Crippen molar-refractivity contribution in [3.8, 4) is 5.75 Å². The van der Waals surface area contributed by atoms with Crippen LogP contribution in [0, 0.1) is 0 Å². The second-order valence-electron chi connectivity index (χ2n) is 7.55. The number of carbonyl (C=O) groups is 2. The molecule has 7 heteroatoms. The predicted octanol–water partition coefficient (Wildman–Crippen LogP) is 3.78. The van der Waals surface area contributed by atoms with E-state index in [0.717, 1.165) is 37.4 Å². The minimum atomic E-state index is -0.169. The molecular formula is C24H31N3O4. The number of methoxy groups -OCH3 is 1. The molecule has 31 heavy (non-hydrogen) atoms. The number of nitrogens with one attached hydrogen (secondary N) is 2. The number of benzene rings is 2. The molecular weight excluding hydrogens is 394 g/mol. The molecule has 2 aromatic rings. The number of likely N-dealkylation sites (tertiary alicyclic amines) is 1. The fraction of sp³-hybridized carbons (Fsp3) is 0.417. The Hall–Kier alpha value is -3.06. The van der Waals surface area contributed by atoms with Crippen molar-refractivity contribution in [1.82, 2.24) is 4.90 Å². The molecule has 0 aliphatic carbocycles. The van der Waals surface area contributed by atoms with Crippen LogP contribution >= 0.6 is 0 Å². The molecule has 7 nitrogen and oxygen atoms in total. The summed E-state index contributed by atoms with van der Waals surface area (Å²) in [6.07, 6.45) is 4.49. The summed E-state index contributed by atoms with van der Waals surface area (Å²) in [5.41, 5.74) is 2.09. The molecule has 1 heterocycles. The van der Waals surface area contributed by atoms with Crippen molar-refractivity contribution in [3.05, 3.63) is 54.1 Å². The van der Waals surface area contributed by atoms with Crippen LogP contribution in [-0.4, -0.2) is 56.7 Å². The van der Waals surface area contributed by atoms with E-state index in [1.165, 1.54) is 12.8 Å². The van der Waals surface area contributed by atoms with Crippen LogP contribution in [0.5, 0.6) is 5.75 Å². The molecule has 1 saturated heterocycles. The van der Waals surface area contributed by atoms with Gasteiger partial charge in [0, 0.05) is 37.1 Å². The van der Waals surface area contributed by atoms with Gasteiger partial charge in [0.1, 0.15) is 12.4 Å². The van der Waals surface area contributed by atoms with Gasteiger partial charge in [-0.15, -0.1) is 0 Å². The van der Waals surface area contributed by atoms with E-state index in [9.17, 15) is 9.59 Å². The van der Waals surface area contributed by atoms with Gasteiger partial charge in [0.05, 0.1) is 13.2 Å². The van der Waals surface area contributed by atoms with E-state index in [4.69, 9.17) is 9.47 Å². The molecule has 2 amide bonds. The van der Waals surface area contributed by atoms with Gasteiger partial charge >= 0.3 is 0 Å². The van der Waals surface area contributed by atoms with Crippen molar-refractivity contribution in [2.75, 3.05) is 50.6 Å². The highest BCUT2D eigenvalue weighted by Gasteiger charge is 2.17. The van der Waals surface area contributed by atoms with Crippen molar-refractivity contribution < 1.29 is 19.1 Å². The van der Waals surface area contributed by atoms with Crippen LogP contribution in [0.2, 0.25) is 0 Å². The van der Waals surface area contributed by atoms with E-state index in [0.29, 0.717) is 24.5 Å². The monoisotopic (exact) mass is 425 g/mol. The van der Waals surface area contributed by atoms with Gasteiger partial charge in [-0.05, 0) is 55.3 Å². The van der Waals surface area contributed by atoms with Gasteiger partial charge in [-0.1, -0.05) is 18.9 Å². The Morgan fingerprint density at radius 1 is 0.935 bits per heavy atom. The number of hydrogen-bond donors (Lipinski definition) is 2. The average Bonchev–Trinajstić information content (AvgIpc) is 3.08. The van der Waals surface area contributed by atoms with Crippen LogP contribution in [0.4, 0.5) is 11.4 Å². The highest BCUT2D eigenvalue weighted by Crippen LogP contribution is 2.17. The number of rotatable bonds is 9. The third-order valence-electron chi connectivity index (χ3n) is 5.15. The first kappa shape index (κ1) is 22.6. The molecule has 1 fully saturated rings. The average molecular weight is 426 g/mol. The lowest BCUT2D eigenvalue weighted by atomic mass is 10.1. The van der Waals surface area contributed by atoms with Crippen molar-refractivity contribution in [2.45, 2.75) is 25.7 Å². The minimum Gasteiger partial charge on any atom is -0.491 e. The molecule has 0 atom stereocenters. The van der Waals surface area contributed by atoms with Gasteiger partial charge in [0.25, 0.3) is 5.91 Å². The predicted molar refractivity (Wildman–Crippen MR) is 122 cm³/mol. The Kier molecular flexibility index (Phi) is 8.72. The van der Waals surface area contributed by atoms with E-state index in [1.807, 2.05) is 29.2 Å². The maximum atomic E-state index is 12.8. The largest absolute Gasteiger partial charge is 0.491 e. The lowest BCUT2D eigenvalue weighted by molar-refractivity contribution is -0.114. The first-order valence-electron chi connectivity index (χ1n) is 10.8. The van der Waals surface area contributed by atoms with Gasteiger partial charge in [-0.2, -0.15) is 0 Å². The zero-order valence-electron chi connectivity index (χ0n) is 18.1. The molecule has 3 rings (SSSR count). The Balaban J connectivity index is 1.48. The number of amides is 2. The van der Waals surface area contributed by atoms with Crippen molar-refractivity contribution in [2.24, 2.45) is 0 Å². The quantitative estimate of drug-likeness (QED) is 0.598. The first-order chi connectivity index (χ1) is 15.2. The van der Waals surface area contributed by atoms with Crippen molar-refractivity contribution >= 4 is 23.2 Å². The van der Waals surface area contributed by atoms with Gasteiger partial charge in [0.15, 0.2) is 0 Å². The Morgan fingerprint density at radius 3 is 2.39 bits per heavy atom. The summed E-state index contributed by atoms with van der Waals surface area (Å²) in [6, 6.07) is 14.5. The SMILES string of the molecule is COCCOc1ccc(NC(=O)CNc2cccc(C(=O)N3CCCCCC3)c2)cc1. The van der Waals surface area contributed by atoms with Crippen LogP contribution in [0.1, 0.15) is 36.0 Å². The van der Waals surface area contributed by atoms with Gasteiger partial charge in [-0.3, -0.25) is 9.59 Å². The topological polar surface area (TPSA) is 79.9 Å². The molecule has 2 N–H and O–H groups in total. The van der Waals surface area contributed by atoms with Gasteiger partial charge in [0.2, 0.25) is 5.91 Å². The summed E-state index contributed by atoms with van der Waals surface area (Å²) >= 11 is 0. The number of ether oxygens (including phenoxy) is 2. The molecule has 1 aliphatic rings. The van der Waals surface area contributed by atoms with Crippen LogP contribution in [0.25, 0.3) is 0 Å². The maximum absolute atomic E-state index is 12.8. The second-order valence-corrected chi connectivity index (χ2v) is 7.55. The van der Waals surface area contributed by atoms with E-state index in [2.05, 4.69) is 10.6 Å². The highest BCUT2D eigenvalue weighted by atomic mass is 16.5. The van der Waals surface area contributed by atoms with Crippen LogP contribution in [-0.2, 0) is 9.53 Å². The smallest absolute Gasteiger partial charge is 0.253 e.